The fourth-order valence-corrected chi connectivity index (χ4v) is 2.58. The van der Waals surface area contributed by atoms with Crippen molar-refractivity contribution in [1.29, 1.82) is 0 Å². The first-order chi connectivity index (χ1) is 10.6. The number of benzene rings is 2. The molecule has 22 heavy (non-hydrogen) atoms. The van der Waals surface area contributed by atoms with E-state index in [-0.39, 0.29) is 6.92 Å². The number of nitrogens with zero attached hydrogens (tertiary/aromatic N) is 1. The zero-order chi connectivity index (χ0) is 15.9. The molecule has 0 radical (unpaired) electrons. The molecule has 0 N–H and O–H groups in total. The molecule has 0 aromatic heterocycles. The van der Waals surface area contributed by atoms with Crippen molar-refractivity contribution < 1.29 is 9.23 Å². The lowest BCUT2D eigenvalue weighted by molar-refractivity contribution is -0.588. The first-order valence-electron chi connectivity index (χ1n) is 7.95. The molecule has 0 heterocycles. The molecule has 2 aromatic carbocycles. The van der Waals surface area contributed by atoms with E-state index in [0.717, 1.165) is 10.9 Å². The molecule has 0 aliphatic rings. The number of hydrogen-bond acceptors (Lipinski definition) is 1. The van der Waals surface area contributed by atoms with Crippen LogP contribution in [0.3, 0.4) is 0 Å². The van der Waals surface area contributed by atoms with E-state index in [0.29, 0.717) is 12.1 Å². The molecule has 114 valence electrons. The van der Waals surface area contributed by atoms with E-state index in [1.54, 1.807) is 0 Å². The number of hydrogen-bond donors (Lipinski definition) is 0. The van der Waals surface area contributed by atoms with Crippen molar-refractivity contribution in [1.82, 2.24) is 0 Å². The third-order valence-electron chi connectivity index (χ3n) is 3.72. The Kier molecular flexibility index (Phi) is 5.82. The fourth-order valence-electron chi connectivity index (χ4n) is 2.58. The van der Waals surface area contributed by atoms with Gasteiger partial charge in [0.15, 0.2) is 12.1 Å². The SMILES string of the molecule is CC(C)[N+](=COB(c1ccccc1)c1ccccc1)C(C)C. The van der Waals surface area contributed by atoms with Gasteiger partial charge in [0.25, 0.3) is 0 Å². The largest absolute Gasteiger partial charge is 0.511 e. The second kappa shape index (κ2) is 7.83. The second-order valence-electron chi connectivity index (χ2n) is 6.08. The Labute approximate surface area is 134 Å². The molecule has 0 saturated heterocycles. The fraction of sp³-hybridized carbons (Fsp3) is 0.316. The molecule has 0 atom stereocenters. The normalized spacial score (nSPS) is 10.6. The predicted octanol–water partition coefficient (Wildman–Crippen LogP) is 2.67. The van der Waals surface area contributed by atoms with Crippen LogP contribution in [0.25, 0.3) is 0 Å². The Morgan fingerprint density at radius 2 is 1.18 bits per heavy atom. The Morgan fingerprint density at radius 1 is 0.773 bits per heavy atom. The van der Waals surface area contributed by atoms with Crippen molar-refractivity contribution >= 4 is 24.2 Å². The predicted molar refractivity (Wildman–Crippen MR) is 95.6 cm³/mol. The van der Waals surface area contributed by atoms with Crippen LogP contribution in [0.1, 0.15) is 27.7 Å². The highest BCUT2D eigenvalue weighted by Crippen LogP contribution is 1.98. The van der Waals surface area contributed by atoms with Gasteiger partial charge in [-0.3, -0.25) is 0 Å². The van der Waals surface area contributed by atoms with E-state index in [2.05, 4.69) is 80.8 Å². The van der Waals surface area contributed by atoms with Crippen molar-refractivity contribution in [2.75, 3.05) is 0 Å². The zero-order valence-corrected chi connectivity index (χ0v) is 13.9. The third kappa shape index (κ3) is 4.23. The molecular formula is C19H25BNO+. The summed E-state index contributed by atoms with van der Waals surface area (Å²) in [6.45, 7) is 8.64. The highest BCUT2D eigenvalue weighted by Gasteiger charge is 2.24. The summed E-state index contributed by atoms with van der Waals surface area (Å²) in [5, 5.41) is 0. The molecule has 0 aliphatic carbocycles. The van der Waals surface area contributed by atoms with Gasteiger partial charge in [-0.2, -0.15) is 0 Å². The second-order valence-corrected chi connectivity index (χ2v) is 6.08. The van der Waals surface area contributed by atoms with Gasteiger partial charge in [-0.05, 0) is 38.6 Å². The van der Waals surface area contributed by atoms with Gasteiger partial charge in [0.2, 0.25) is 0 Å². The molecule has 2 rings (SSSR count). The van der Waals surface area contributed by atoms with Gasteiger partial charge >= 0.3 is 13.3 Å². The molecule has 0 amide bonds. The minimum absolute atomic E-state index is 0.0811. The van der Waals surface area contributed by atoms with Crippen molar-refractivity contribution in [3.63, 3.8) is 0 Å². The standard InChI is InChI=1S/C19H25BNO/c1-16(2)21(17(3)4)15-22-20(18-11-7-5-8-12-18)19-13-9-6-10-14-19/h5-17H,1-4H3/q+1. The van der Waals surface area contributed by atoms with E-state index in [9.17, 15) is 0 Å². The summed E-state index contributed by atoms with van der Waals surface area (Å²) in [6, 6.07) is 21.5. The topological polar surface area (TPSA) is 12.2 Å². The molecule has 0 saturated carbocycles. The van der Waals surface area contributed by atoms with Gasteiger partial charge in [0, 0.05) is 0 Å². The van der Waals surface area contributed by atoms with Crippen LogP contribution in [-0.2, 0) is 4.65 Å². The van der Waals surface area contributed by atoms with Crippen molar-refractivity contribution in [2.24, 2.45) is 0 Å². The van der Waals surface area contributed by atoms with E-state index in [4.69, 9.17) is 4.65 Å². The van der Waals surface area contributed by atoms with Crippen molar-refractivity contribution in [3.8, 4) is 0 Å². The van der Waals surface area contributed by atoms with E-state index in [1.807, 2.05) is 18.5 Å². The maximum Gasteiger partial charge on any atom is 0.432 e. The van der Waals surface area contributed by atoms with E-state index >= 15 is 0 Å². The Morgan fingerprint density at radius 3 is 1.55 bits per heavy atom. The zero-order valence-electron chi connectivity index (χ0n) is 13.9. The van der Waals surface area contributed by atoms with Gasteiger partial charge in [0.1, 0.15) is 0 Å². The lowest BCUT2D eigenvalue weighted by Gasteiger charge is -2.15. The molecule has 2 aromatic rings. The summed E-state index contributed by atoms with van der Waals surface area (Å²) < 4.78 is 8.43. The first kappa shape index (κ1) is 16.3. The van der Waals surface area contributed by atoms with Crippen molar-refractivity contribution in [3.05, 3.63) is 60.7 Å². The van der Waals surface area contributed by atoms with Gasteiger partial charge < -0.3 is 4.65 Å². The Bertz CT molecular complexity index is 544. The summed E-state index contributed by atoms with van der Waals surface area (Å²) in [7, 11) is 0. The summed E-state index contributed by atoms with van der Waals surface area (Å²) in [5.74, 6) is 0. The first-order valence-corrected chi connectivity index (χ1v) is 7.95. The van der Waals surface area contributed by atoms with Gasteiger partial charge in [0.05, 0.1) is 0 Å². The maximum absolute atomic E-state index is 6.20. The Balaban J connectivity index is 2.32. The van der Waals surface area contributed by atoms with Gasteiger partial charge in [-0.15, -0.1) is 0 Å². The molecule has 3 heteroatoms. The molecule has 2 nitrogen and oxygen atoms in total. The highest BCUT2D eigenvalue weighted by molar-refractivity contribution is 6.80. The average Bonchev–Trinajstić information content (AvgIpc) is 2.52. The Hall–Kier alpha value is -2.03. The lowest BCUT2D eigenvalue weighted by Crippen LogP contribution is -2.46. The highest BCUT2D eigenvalue weighted by atomic mass is 16.4. The van der Waals surface area contributed by atoms with Gasteiger partial charge in [-0.25, -0.2) is 4.58 Å². The summed E-state index contributed by atoms with van der Waals surface area (Å²) in [6.07, 6.45) is 1.89. The quantitative estimate of drug-likeness (QED) is 0.345. The van der Waals surface area contributed by atoms with E-state index < -0.39 is 0 Å². The third-order valence-corrected chi connectivity index (χ3v) is 3.72. The van der Waals surface area contributed by atoms with E-state index in [1.165, 1.54) is 0 Å². The van der Waals surface area contributed by atoms with Crippen LogP contribution >= 0.6 is 0 Å². The van der Waals surface area contributed by atoms with Crippen molar-refractivity contribution in [2.45, 2.75) is 39.8 Å². The minimum Gasteiger partial charge on any atom is -0.511 e. The van der Waals surface area contributed by atoms with Crippen LogP contribution in [0.4, 0.5) is 0 Å². The molecule has 0 unspecified atom stereocenters. The molecule has 0 bridgehead atoms. The molecule has 0 spiro atoms. The van der Waals surface area contributed by atoms with Crippen LogP contribution in [0.2, 0.25) is 0 Å². The van der Waals surface area contributed by atoms with Crippen LogP contribution in [0, 0.1) is 0 Å². The van der Waals surface area contributed by atoms with Crippen LogP contribution in [-0.4, -0.2) is 30.0 Å². The molecule has 0 fully saturated rings. The monoisotopic (exact) mass is 294 g/mol. The summed E-state index contributed by atoms with van der Waals surface area (Å²) in [5.41, 5.74) is 2.33. The smallest absolute Gasteiger partial charge is 0.432 e. The van der Waals surface area contributed by atoms with Crippen LogP contribution in [0.5, 0.6) is 0 Å². The summed E-state index contributed by atoms with van der Waals surface area (Å²) >= 11 is 0. The van der Waals surface area contributed by atoms with Crippen LogP contribution in [0.15, 0.2) is 60.7 Å². The molecular weight excluding hydrogens is 269 g/mol. The summed E-state index contributed by atoms with van der Waals surface area (Å²) in [4.78, 5) is 0. The number of rotatable bonds is 6. The van der Waals surface area contributed by atoms with Crippen LogP contribution < -0.4 is 10.9 Å². The minimum atomic E-state index is -0.0811. The lowest BCUT2D eigenvalue weighted by atomic mass is 9.55. The van der Waals surface area contributed by atoms with Gasteiger partial charge in [-0.1, -0.05) is 60.7 Å². The maximum atomic E-state index is 6.20. The molecule has 0 aliphatic heterocycles. The average molecular weight is 294 g/mol.